The third kappa shape index (κ3) is 7.21. The Balaban J connectivity index is 1.28. The first-order valence-electron chi connectivity index (χ1n) is 14.3. The van der Waals surface area contributed by atoms with Crippen molar-refractivity contribution >= 4 is 48.2 Å². The normalized spacial score (nSPS) is 16.9. The lowest BCUT2D eigenvalue weighted by atomic mass is 9.71. The molecule has 216 valence electrons. The number of anilines is 5. The van der Waals surface area contributed by atoms with Crippen molar-refractivity contribution in [3.63, 3.8) is 0 Å². The zero-order valence-corrected chi connectivity index (χ0v) is 25.3. The molecule has 10 heteroatoms. The zero-order valence-electron chi connectivity index (χ0n) is 24.4. The molecule has 1 amide bonds. The van der Waals surface area contributed by atoms with E-state index in [-0.39, 0.29) is 13.8 Å². The van der Waals surface area contributed by atoms with Crippen LogP contribution in [0.15, 0.2) is 61.3 Å². The smallest absolute Gasteiger partial charge is 0.256 e. The van der Waals surface area contributed by atoms with Gasteiger partial charge in [0.05, 0.1) is 5.44 Å². The molecular formula is C31H41N8OP. The van der Waals surface area contributed by atoms with Crippen LogP contribution in [-0.4, -0.2) is 78.9 Å². The largest absolute Gasteiger partial charge is 0.371 e. The summed E-state index contributed by atoms with van der Waals surface area (Å²) in [6, 6.07) is 14.3. The Morgan fingerprint density at radius 1 is 1.00 bits per heavy atom. The second-order valence-electron chi connectivity index (χ2n) is 11.3. The molecule has 1 spiro atoms. The lowest BCUT2D eigenvalue weighted by Gasteiger charge is -2.46. The number of likely N-dealkylation sites (tertiary alicyclic amines) is 1. The van der Waals surface area contributed by atoms with Crippen molar-refractivity contribution in [3.8, 4) is 0 Å². The highest BCUT2D eigenvalue weighted by Gasteiger charge is 2.36. The number of carbonyl (C=O) groups is 1. The zero-order chi connectivity index (χ0) is 28.8. The van der Waals surface area contributed by atoms with Crippen molar-refractivity contribution in [1.29, 1.82) is 0 Å². The molecule has 41 heavy (non-hydrogen) atoms. The van der Waals surface area contributed by atoms with E-state index in [1.54, 1.807) is 6.08 Å². The van der Waals surface area contributed by atoms with Gasteiger partial charge in [-0.3, -0.25) is 4.79 Å². The summed E-state index contributed by atoms with van der Waals surface area (Å²) in [5.74, 6) is 1.13. The van der Waals surface area contributed by atoms with E-state index < -0.39 is 0 Å². The van der Waals surface area contributed by atoms with Gasteiger partial charge in [-0.25, -0.2) is 9.97 Å². The van der Waals surface area contributed by atoms with E-state index >= 15 is 0 Å². The van der Waals surface area contributed by atoms with E-state index in [1.165, 1.54) is 50.7 Å². The number of hydrogen-bond donors (Lipinski definition) is 3. The van der Waals surface area contributed by atoms with Crippen molar-refractivity contribution < 1.29 is 4.79 Å². The molecule has 0 saturated carbocycles. The van der Waals surface area contributed by atoms with Crippen LogP contribution in [0.25, 0.3) is 0 Å². The number of hydrogen-bond acceptors (Lipinski definition) is 8. The van der Waals surface area contributed by atoms with Crippen molar-refractivity contribution in [2.45, 2.75) is 25.7 Å². The Hall–Kier alpha value is -3.55. The third-order valence-corrected chi connectivity index (χ3v) is 9.41. The lowest BCUT2D eigenvalue weighted by molar-refractivity contribution is 0.0944. The van der Waals surface area contributed by atoms with Crippen LogP contribution in [0.3, 0.4) is 0 Å². The number of rotatable bonds is 9. The van der Waals surface area contributed by atoms with E-state index in [1.807, 2.05) is 18.2 Å². The highest BCUT2D eigenvalue weighted by atomic mass is 31.1. The fourth-order valence-electron chi connectivity index (χ4n) is 5.54. The molecule has 2 fully saturated rings. The summed E-state index contributed by atoms with van der Waals surface area (Å²) in [4.78, 5) is 31.6. The highest BCUT2D eigenvalue weighted by molar-refractivity contribution is 7.63. The van der Waals surface area contributed by atoms with Gasteiger partial charge in [0, 0.05) is 37.2 Å². The summed E-state index contributed by atoms with van der Waals surface area (Å²) >= 11 is 0. The number of benzene rings is 1. The Morgan fingerprint density at radius 3 is 2.39 bits per heavy atom. The molecule has 3 N–H and O–H groups in total. The van der Waals surface area contributed by atoms with E-state index in [0.29, 0.717) is 35.1 Å². The van der Waals surface area contributed by atoms with Gasteiger partial charge < -0.3 is 25.8 Å². The number of carbonyl (C=O) groups excluding carboxylic acids is 1. The fraction of sp³-hybridized carbons (Fsp3) is 0.419. The summed E-state index contributed by atoms with van der Waals surface area (Å²) < 4.78 is 0. The molecule has 2 saturated heterocycles. The van der Waals surface area contributed by atoms with Gasteiger partial charge in [-0.2, -0.15) is 4.98 Å². The Bertz CT molecular complexity index is 1340. The van der Waals surface area contributed by atoms with Crippen LogP contribution in [-0.2, 0) is 0 Å². The van der Waals surface area contributed by atoms with Crippen LogP contribution in [0.1, 0.15) is 36.0 Å². The molecule has 0 bridgehead atoms. The van der Waals surface area contributed by atoms with E-state index in [2.05, 4.69) is 86.9 Å². The molecule has 2 aliphatic heterocycles. The molecule has 3 aromatic rings. The van der Waals surface area contributed by atoms with Crippen LogP contribution in [0.5, 0.6) is 0 Å². The molecule has 4 heterocycles. The predicted molar refractivity (Wildman–Crippen MR) is 171 cm³/mol. The lowest BCUT2D eigenvalue weighted by Crippen LogP contribution is -2.46. The SMILES string of the molecule is C=CCNC(=O)c1cnc(Nc2ccc(N3CCC4(CCN(C)CC4)CC3)cc2)nc1Nc1cccc(P(C)C)n1. The standard InChI is InChI=1S/C31H41N8OP/c1-5-17-32-29(40)25-22-33-30(37-28(25)36-26-7-6-8-27(35-26)41(3)4)34-23-9-11-24(12-10-23)39-20-15-31(16-21-39)13-18-38(2)19-14-31/h5-12,22H,1,13-21H2,2-4H3,(H,32,40)(H2,33,34,35,36,37). The van der Waals surface area contributed by atoms with E-state index in [9.17, 15) is 4.79 Å². The van der Waals surface area contributed by atoms with Gasteiger partial charge >= 0.3 is 0 Å². The monoisotopic (exact) mass is 572 g/mol. The summed E-state index contributed by atoms with van der Waals surface area (Å²) in [5.41, 5.74) is 4.02. The maximum absolute atomic E-state index is 12.8. The van der Waals surface area contributed by atoms with Gasteiger partial charge in [-0.05, 0) is 101 Å². The van der Waals surface area contributed by atoms with Crippen LogP contribution in [0.4, 0.5) is 29.0 Å². The first-order chi connectivity index (χ1) is 19.8. The summed E-state index contributed by atoms with van der Waals surface area (Å²) in [6.07, 6.45) is 8.36. The van der Waals surface area contributed by atoms with Crippen LogP contribution in [0, 0.1) is 5.41 Å². The summed E-state index contributed by atoms with van der Waals surface area (Å²) in [5, 5.41) is 9.35. The van der Waals surface area contributed by atoms with Gasteiger partial charge in [-0.15, -0.1) is 6.58 Å². The van der Waals surface area contributed by atoms with Crippen LogP contribution in [0.2, 0.25) is 0 Å². The topological polar surface area (TPSA) is 98.3 Å². The van der Waals surface area contributed by atoms with E-state index in [4.69, 9.17) is 4.98 Å². The second-order valence-corrected chi connectivity index (χ2v) is 13.6. The number of nitrogens with one attached hydrogen (secondary N) is 3. The molecule has 9 nitrogen and oxygen atoms in total. The molecule has 0 unspecified atom stereocenters. The molecule has 1 aromatic carbocycles. The predicted octanol–water partition coefficient (Wildman–Crippen LogP) is 4.95. The van der Waals surface area contributed by atoms with Crippen LogP contribution >= 0.6 is 7.92 Å². The molecule has 2 aromatic heterocycles. The number of amides is 1. The van der Waals surface area contributed by atoms with Crippen LogP contribution < -0.4 is 26.3 Å². The summed E-state index contributed by atoms with van der Waals surface area (Å²) in [7, 11) is 1.87. The molecule has 0 aliphatic carbocycles. The minimum Gasteiger partial charge on any atom is -0.371 e. The first kappa shape index (κ1) is 29.0. The fourth-order valence-corrected chi connectivity index (χ4v) is 6.24. The minimum absolute atomic E-state index is 0.281. The van der Waals surface area contributed by atoms with Crippen molar-refractivity contribution in [2.75, 3.05) is 68.6 Å². The number of aromatic nitrogens is 3. The average molecular weight is 573 g/mol. The number of pyridine rings is 1. The third-order valence-electron chi connectivity index (χ3n) is 8.24. The first-order valence-corrected chi connectivity index (χ1v) is 16.6. The van der Waals surface area contributed by atoms with E-state index in [0.717, 1.165) is 24.2 Å². The minimum atomic E-state index is -0.361. The van der Waals surface area contributed by atoms with Crippen molar-refractivity contribution in [2.24, 2.45) is 5.41 Å². The maximum Gasteiger partial charge on any atom is 0.256 e. The van der Waals surface area contributed by atoms with Gasteiger partial charge in [0.2, 0.25) is 5.95 Å². The Kier molecular flexibility index (Phi) is 9.15. The van der Waals surface area contributed by atoms with Gasteiger partial charge in [-0.1, -0.05) is 20.1 Å². The van der Waals surface area contributed by atoms with Crippen molar-refractivity contribution in [3.05, 3.63) is 66.9 Å². The molecule has 2 aliphatic rings. The highest BCUT2D eigenvalue weighted by Crippen LogP contribution is 2.42. The molecule has 0 atom stereocenters. The second kappa shape index (κ2) is 13.0. The number of nitrogens with zero attached hydrogens (tertiary/aromatic N) is 5. The Labute approximate surface area is 244 Å². The summed E-state index contributed by atoms with van der Waals surface area (Å²) in [6.45, 7) is 13.0. The molecule has 5 rings (SSSR count). The molecule has 0 radical (unpaired) electrons. The van der Waals surface area contributed by atoms with Crippen molar-refractivity contribution in [1.82, 2.24) is 25.2 Å². The number of piperidine rings is 2. The maximum atomic E-state index is 12.8. The average Bonchev–Trinajstić information content (AvgIpc) is 2.99. The van der Waals surface area contributed by atoms with Gasteiger partial charge in [0.1, 0.15) is 17.2 Å². The quantitative estimate of drug-likeness (QED) is 0.245. The van der Waals surface area contributed by atoms with Gasteiger partial charge in [0.15, 0.2) is 0 Å². The van der Waals surface area contributed by atoms with Gasteiger partial charge in [0.25, 0.3) is 5.91 Å². The molecular weight excluding hydrogens is 531 g/mol. The Morgan fingerprint density at radius 2 is 1.71 bits per heavy atom.